The Bertz CT molecular complexity index is 838. The average molecular weight is 413 g/mol. The van der Waals surface area contributed by atoms with Crippen LogP contribution in [0.3, 0.4) is 0 Å². The topological polar surface area (TPSA) is 56.7 Å². The van der Waals surface area contributed by atoms with Crippen molar-refractivity contribution in [2.45, 2.75) is 25.9 Å². The molecule has 0 saturated carbocycles. The molecule has 1 N–H and O–H groups in total. The molecular formula is C19H22F3N3O2S. The minimum Gasteiger partial charge on any atom is -0.396 e. The normalized spacial score (nSPS) is 14.0. The van der Waals surface area contributed by atoms with Crippen molar-refractivity contribution in [2.75, 3.05) is 37.7 Å². The third kappa shape index (κ3) is 5.09. The highest BCUT2D eigenvalue weighted by Gasteiger charge is 2.33. The first-order valence-corrected chi connectivity index (χ1v) is 9.90. The van der Waals surface area contributed by atoms with E-state index in [1.807, 2.05) is 30.5 Å². The standard InChI is InChI=1S/C19H22F3N3O2S/c1-13-23-16(11-28-13)14-3-4-17-15(9-14)5-7-25(17)18(27)10-24(6-2-8-26)12-19(20,21)22/h3-4,9,11,26H,2,5-8,10,12H2,1H3. The highest BCUT2D eigenvalue weighted by Crippen LogP contribution is 2.33. The maximum absolute atomic E-state index is 12.8. The number of hydrogen-bond acceptors (Lipinski definition) is 5. The van der Waals surface area contributed by atoms with E-state index in [9.17, 15) is 18.0 Å². The summed E-state index contributed by atoms with van der Waals surface area (Å²) in [4.78, 5) is 19.7. The smallest absolute Gasteiger partial charge is 0.396 e. The van der Waals surface area contributed by atoms with Crippen LogP contribution in [0.4, 0.5) is 18.9 Å². The number of aromatic nitrogens is 1. The van der Waals surface area contributed by atoms with E-state index in [4.69, 9.17) is 5.11 Å². The molecule has 28 heavy (non-hydrogen) atoms. The number of hydrogen-bond donors (Lipinski definition) is 1. The monoisotopic (exact) mass is 413 g/mol. The van der Waals surface area contributed by atoms with E-state index in [0.717, 1.165) is 32.4 Å². The first-order chi connectivity index (χ1) is 13.3. The van der Waals surface area contributed by atoms with Gasteiger partial charge in [-0.2, -0.15) is 13.2 Å². The fourth-order valence-electron chi connectivity index (χ4n) is 3.35. The average Bonchev–Trinajstić information content (AvgIpc) is 3.23. The number of aliphatic hydroxyl groups excluding tert-OH is 1. The molecule has 1 aliphatic rings. The lowest BCUT2D eigenvalue weighted by molar-refractivity contribution is -0.148. The molecule has 9 heteroatoms. The van der Waals surface area contributed by atoms with Crippen molar-refractivity contribution in [3.8, 4) is 11.3 Å². The summed E-state index contributed by atoms with van der Waals surface area (Å²) in [5, 5.41) is 11.9. The van der Waals surface area contributed by atoms with Crippen molar-refractivity contribution < 1.29 is 23.1 Å². The molecule has 1 aromatic carbocycles. The molecular weight excluding hydrogens is 391 g/mol. The van der Waals surface area contributed by atoms with Crippen LogP contribution in [-0.2, 0) is 11.2 Å². The quantitative estimate of drug-likeness (QED) is 0.757. The molecule has 0 unspecified atom stereocenters. The van der Waals surface area contributed by atoms with E-state index < -0.39 is 12.7 Å². The number of fused-ring (bicyclic) bond motifs is 1. The molecule has 3 rings (SSSR count). The van der Waals surface area contributed by atoms with Crippen LogP contribution < -0.4 is 4.90 Å². The molecule has 152 valence electrons. The van der Waals surface area contributed by atoms with Gasteiger partial charge in [0.1, 0.15) is 0 Å². The SMILES string of the molecule is Cc1nc(-c2ccc3c(c2)CCN3C(=O)CN(CCCO)CC(F)(F)F)cs1. The van der Waals surface area contributed by atoms with Gasteiger partial charge in [0, 0.05) is 36.3 Å². The Morgan fingerprint density at radius 2 is 2.18 bits per heavy atom. The molecule has 1 amide bonds. The molecule has 0 fully saturated rings. The third-order valence-corrected chi connectivity index (χ3v) is 5.36. The number of thiazole rings is 1. The fraction of sp³-hybridized carbons (Fsp3) is 0.474. The number of alkyl halides is 3. The van der Waals surface area contributed by atoms with Crippen LogP contribution in [0.5, 0.6) is 0 Å². The van der Waals surface area contributed by atoms with Gasteiger partial charge in [-0.1, -0.05) is 6.07 Å². The number of nitrogens with zero attached hydrogens (tertiary/aromatic N) is 3. The molecule has 1 aliphatic heterocycles. The van der Waals surface area contributed by atoms with E-state index in [2.05, 4.69) is 4.98 Å². The van der Waals surface area contributed by atoms with Crippen LogP contribution in [0, 0.1) is 6.92 Å². The molecule has 0 radical (unpaired) electrons. The van der Waals surface area contributed by atoms with Crippen LogP contribution in [0.15, 0.2) is 23.6 Å². The van der Waals surface area contributed by atoms with Crippen molar-refractivity contribution >= 4 is 22.9 Å². The molecule has 0 saturated heterocycles. The maximum atomic E-state index is 12.8. The first kappa shape index (κ1) is 20.8. The number of rotatable bonds is 7. The zero-order valence-electron chi connectivity index (χ0n) is 15.5. The Labute approximate surface area is 165 Å². The second-order valence-corrected chi connectivity index (χ2v) is 7.86. The summed E-state index contributed by atoms with van der Waals surface area (Å²) in [6.45, 7) is 0.699. The number of halogens is 3. The molecule has 2 heterocycles. The van der Waals surface area contributed by atoms with E-state index in [1.165, 1.54) is 0 Å². The van der Waals surface area contributed by atoms with Gasteiger partial charge in [0.2, 0.25) is 5.91 Å². The molecule has 5 nitrogen and oxygen atoms in total. The summed E-state index contributed by atoms with van der Waals surface area (Å²) < 4.78 is 38.3. The Hall–Kier alpha value is -1.97. The lowest BCUT2D eigenvalue weighted by Gasteiger charge is -2.26. The number of aryl methyl sites for hydroxylation is 1. The maximum Gasteiger partial charge on any atom is 0.401 e. The lowest BCUT2D eigenvalue weighted by atomic mass is 10.1. The second kappa shape index (κ2) is 8.59. The van der Waals surface area contributed by atoms with Crippen molar-refractivity contribution in [3.63, 3.8) is 0 Å². The summed E-state index contributed by atoms with van der Waals surface area (Å²) >= 11 is 1.56. The predicted octanol–water partition coefficient (Wildman–Crippen LogP) is 3.25. The number of carbonyl (C=O) groups is 1. The Kier molecular flexibility index (Phi) is 6.36. The van der Waals surface area contributed by atoms with Gasteiger partial charge in [0.05, 0.1) is 23.8 Å². The van der Waals surface area contributed by atoms with Gasteiger partial charge in [0.15, 0.2) is 0 Å². The highest BCUT2D eigenvalue weighted by atomic mass is 32.1. The first-order valence-electron chi connectivity index (χ1n) is 9.02. The molecule has 0 atom stereocenters. The second-order valence-electron chi connectivity index (χ2n) is 6.79. The molecule has 0 bridgehead atoms. The number of carbonyl (C=O) groups excluding carboxylic acids is 1. The van der Waals surface area contributed by atoms with Crippen LogP contribution in [-0.4, -0.2) is 59.9 Å². The predicted molar refractivity (Wildman–Crippen MR) is 103 cm³/mol. The van der Waals surface area contributed by atoms with Gasteiger partial charge in [-0.05, 0) is 37.5 Å². The highest BCUT2D eigenvalue weighted by molar-refractivity contribution is 7.09. The van der Waals surface area contributed by atoms with Gasteiger partial charge in [-0.15, -0.1) is 11.3 Å². The van der Waals surface area contributed by atoms with E-state index in [1.54, 1.807) is 16.2 Å². The zero-order chi connectivity index (χ0) is 20.3. The molecule has 2 aromatic rings. The van der Waals surface area contributed by atoms with E-state index >= 15 is 0 Å². The summed E-state index contributed by atoms with van der Waals surface area (Å²) in [5.41, 5.74) is 3.60. The van der Waals surface area contributed by atoms with Gasteiger partial charge in [0.25, 0.3) is 0 Å². The van der Waals surface area contributed by atoms with Crippen LogP contribution in [0.1, 0.15) is 17.0 Å². The fourth-order valence-corrected chi connectivity index (χ4v) is 3.98. The van der Waals surface area contributed by atoms with Gasteiger partial charge in [-0.25, -0.2) is 4.98 Å². The minimum absolute atomic E-state index is 0.0184. The van der Waals surface area contributed by atoms with E-state index in [0.29, 0.717) is 13.0 Å². The van der Waals surface area contributed by atoms with Gasteiger partial charge >= 0.3 is 6.18 Å². The lowest BCUT2D eigenvalue weighted by Crippen LogP contribution is -2.43. The summed E-state index contributed by atoms with van der Waals surface area (Å²) in [6, 6.07) is 5.72. The van der Waals surface area contributed by atoms with Crippen molar-refractivity contribution in [2.24, 2.45) is 0 Å². The molecule has 0 aliphatic carbocycles. The number of benzene rings is 1. The third-order valence-electron chi connectivity index (χ3n) is 4.59. The molecule has 1 aromatic heterocycles. The zero-order valence-corrected chi connectivity index (χ0v) is 16.3. The number of aliphatic hydroxyl groups is 1. The number of amides is 1. The van der Waals surface area contributed by atoms with Crippen LogP contribution >= 0.6 is 11.3 Å². The van der Waals surface area contributed by atoms with Gasteiger partial charge in [-0.3, -0.25) is 9.69 Å². The Morgan fingerprint density at radius 1 is 1.39 bits per heavy atom. The van der Waals surface area contributed by atoms with Crippen molar-refractivity contribution in [1.29, 1.82) is 0 Å². The summed E-state index contributed by atoms with van der Waals surface area (Å²) in [7, 11) is 0. The van der Waals surface area contributed by atoms with Crippen molar-refractivity contribution in [3.05, 3.63) is 34.2 Å². The van der Waals surface area contributed by atoms with Crippen molar-refractivity contribution in [1.82, 2.24) is 9.88 Å². The van der Waals surface area contributed by atoms with Gasteiger partial charge < -0.3 is 10.0 Å². The van der Waals surface area contributed by atoms with Crippen LogP contribution in [0.2, 0.25) is 0 Å². The van der Waals surface area contributed by atoms with E-state index in [-0.39, 0.29) is 32.0 Å². The largest absolute Gasteiger partial charge is 0.401 e. The summed E-state index contributed by atoms with van der Waals surface area (Å²) in [6.07, 6.45) is -3.54. The summed E-state index contributed by atoms with van der Waals surface area (Å²) in [5.74, 6) is -0.363. The van der Waals surface area contributed by atoms with Crippen LogP contribution in [0.25, 0.3) is 11.3 Å². The Morgan fingerprint density at radius 3 is 2.82 bits per heavy atom. The number of anilines is 1. The Balaban J connectivity index is 1.72. The minimum atomic E-state index is -4.39. The molecule has 0 spiro atoms.